The van der Waals surface area contributed by atoms with Crippen molar-refractivity contribution in [1.82, 2.24) is 4.98 Å². The summed E-state index contributed by atoms with van der Waals surface area (Å²) >= 11 is 0. The highest BCUT2D eigenvalue weighted by Crippen LogP contribution is 2.18. The smallest absolute Gasteiger partial charge is 0.265 e. The van der Waals surface area contributed by atoms with Crippen molar-refractivity contribution >= 4 is 5.82 Å². The number of anilines is 1. The lowest BCUT2D eigenvalue weighted by Crippen LogP contribution is -2.15. The van der Waals surface area contributed by atoms with Gasteiger partial charge in [0.1, 0.15) is 5.82 Å². The molecule has 3 nitrogen and oxygen atoms in total. The number of alkyl halides is 2. The van der Waals surface area contributed by atoms with E-state index in [1.54, 1.807) is 6.92 Å². The Balaban J connectivity index is 2.55. The third-order valence-corrected chi connectivity index (χ3v) is 1.62. The largest absolute Gasteiger partial charge is 0.392 e. The lowest BCUT2D eigenvalue weighted by molar-refractivity contribution is 0.151. The van der Waals surface area contributed by atoms with Crippen LogP contribution in [0.25, 0.3) is 0 Å². The van der Waals surface area contributed by atoms with Gasteiger partial charge in [0, 0.05) is 18.3 Å². The predicted octanol–water partition coefficient (Wildman–Crippen LogP) is 1.81. The van der Waals surface area contributed by atoms with Crippen molar-refractivity contribution in [1.29, 1.82) is 0 Å². The molecular weight excluding hydrogens is 190 g/mol. The standard InChI is InChI=1S/C9H12F2N2O/c1-6(14)4-12-8-3-2-7(5-13-8)9(10)11/h2-3,5-6,9,14H,4H2,1H3,(H,12,13). The Morgan fingerprint density at radius 2 is 2.21 bits per heavy atom. The quantitative estimate of drug-likeness (QED) is 0.782. The minimum Gasteiger partial charge on any atom is -0.392 e. The van der Waals surface area contributed by atoms with Crippen molar-refractivity contribution in [2.75, 3.05) is 11.9 Å². The van der Waals surface area contributed by atoms with Crippen LogP contribution < -0.4 is 5.32 Å². The fraction of sp³-hybridized carbons (Fsp3) is 0.444. The Morgan fingerprint density at radius 1 is 1.50 bits per heavy atom. The molecule has 0 amide bonds. The number of nitrogens with one attached hydrogen (secondary N) is 1. The number of pyridine rings is 1. The monoisotopic (exact) mass is 202 g/mol. The van der Waals surface area contributed by atoms with Gasteiger partial charge in [-0.2, -0.15) is 0 Å². The zero-order chi connectivity index (χ0) is 10.6. The second kappa shape index (κ2) is 4.85. The molecule has 0 radical (unpaired) electrons. The fourth-order valence-electron chi connectivity index (χ4n) is 0.891. The Kier molecular flexibility index (Phi) is 3.76. The third-order valence-electron chi connectivity index (χ3n) is 1.62. The van der Waals surface area contributed by atoms with Crippen molar-refractivity contribution in [2.45, 2.75) is 19.5 Å². The van der Waals surface area contributed by atoms with E-state index in [4.69, 9.17) is 5.11 Å². The normalized spacial score (nSPS) is 12.9. The van der Waals surface area contributed by atoms with Gasteiger partial charge >= 0.3 is 0 Å². The Labute approximate surface area is 80.8 Å². The van der Waals surface area contributed by atoms with Crippen LogP contribution in [0.2, 0.25) is 0 Å². The first-order valence-electron chi connectivity index (χ1n) is 4.25. The molecule has 0 aliphatic rings. The summed E-state index contributed by atoms with van der Waals surface area (Å²) in [5, 5.41) is 11.8. The van der Waals surface area contributed by atoms with Crippen LogP contribution in [0.4, 0.5) is 14.6 Å². The summed E-state index contributed by atoms with van der Waals surface area (Å²) in [5.41, 5.74) is -0.104. The van der Waals surface area contributed by atoms with Gasteiger partial charge in [-0.1, -0.05) is 0 Å². The average molecular weight is 202 g/mol. The van der Waals surface area contributed by atoms with Crippen LogP contribution in [0.1, 0.15) is 18.9 Å². The van der Waals surface area contributed by atoms with Gasteiger partial charge in [-0.25, -0.2) is 13.8 Å². The molecule has 1 unspecified atom stereocenters. The number of halogens is 2. The van der Waals surface area contributed by atoms with Crippen LogP contribution in [0.3, 0.4) is 0 Å². The molecule has 0 bridgehead atoms. The summed E-state index contributed by atoms with van der Waals surface area (Å²) in [6, 6.07) is 2.77. The molecule has 1 heterocycles. The maximum atomic E-state index is 12.1. The molecular formula is C9H12F2N2O. The van der Waals surface area contributed by atoms with E-state index in [2.05, 4.69) is 10.3 Å². The van der Waals surface area contributed by atoms with Gasteiger partial charge in [0.15, 0.2) is 0 Å². The predicted molar refractivity (Wildman–Crippen MR) is 49.4 cm³/mol. The van der Waals surface area contributed by atoms with Crippen molar-refractivity contribution in [2.24, 2.45) is 0 Å². The molecule has 0 aliphatic heterocycles. The van der Waals surface area contributed by atoms with Crippen molar-refractivity contribution < 1.29 is 13.9 Å². The minimum atomic E-state index is -2.49. The highest BCUT2D eigenvalue weighted by Gasteiger charge is 2.06. The number of aliphatic hydroxyl groups excluding tert-OH is 1. The zero-order valence-electron chi connectivity index (χ0n) is 7.74. The number of hydrogen-bond donors (Lipinski definition) is 2. The van der Waals surface area contributed by atoms with Crippen LogP contribution in [0.5, 0.6) is 0 Å². The third kappa shape index (κ3) is 3.26. The molecule has 2 N–H and O–H groups in total. The Morgan fingerprint density at radius 3 is 2.64 bits per heavy atom. The van der Waals surface area contributed by atoms with Crippen LogP contribution in [-0.4, -0.2) is 22.7 Å². The maximum absolute atomic E-state index is 12.1. The topological polar surface area (TPSA) is 45.1 Å². The molecule has 0 fully saturated rings. The molecule has 1 rings (SSSR count). The van der Waals surface area contributed by atoms with Gasteiger partial charge in [-0.3, -0.25) is 0 Å². The Bertz CT molecular complexity index is 275. The fourth-order valence-corrected chi connectivity index (χ4v) is 0.891. The molecule has 0 saturated carbocycles. The maximum Gasteiger partial charge on any atom is 0.265 e. The molecule has 14 heavy (non-hydrogen) atoms. The molecule has 0 aromatic carbocycles. The molecule has 1 aromatic rings. The van der Waals surface area contributed by atoms with E-state index in [0.717, 1.165) is 6.20 Å². The van der Waals surface area contributed by atoms with Crippen molar-refractivity contribution in [3.8, 4) is 0 Å². The van der Waals surface area contributed by atoms with E-state index in [1.165, 1.54) is 12.1 Å². The second-order valence-corrected chi connectivity index (χ2v) is 3.01. The van der Waals surface area contributed by atoms with Crippen LogP contribution >= 0.6 is 0 Å². The van der Waals surface area contributed by atoms with Crippen LogP contribution in [0, 0.1) is 0 Å². The molecule has 1 atom stereocenters. The SMILES string of the molecule is CC(O)CNc1ccc(C(F)F)cn1. The summed E-state index contributed by atoms with van der Waals surface area (Å²) in [6.45, 7) is 1.97. The van der Waals surface area contributed by atoms with Crippen LogP contribution in [-0.2, 0) is 0 Å². The molecule has 1 aromatic heterocycles. The van der Waals surface area contributed by atoms with Crippen molar-refractivity contribution in [3.05, 3.63) is 23.9 Å². The van der Waals surface area contributed by atoms with E-state index >= 15 is 0 Å². The molecule has 5 heteroatoms. The van der Waals surface area contributed by atoms with Gasteiger partial charge in [0.05, 0.1) is 6.10 Å². The van der Waals surface area contributed by atoms with E-state index in [0.29, 0.717) is 12.4 Å². The van der Waals surface area contributed by atoms with Gasteiger partial charge in [-0.15, -0.1) is 0 Å². The second-order valence-electron chi connectivity index (χ2n) is 3.01. The summed E-state index contributed by atoms with van der Waals surface area (Å²) in [7, 11) is 0. The number of aromatic nitrogens is 1. The van der Waals surface area contributed by atoms with Gasteiger partial charge in [0.25, 0.3) is 6.43 Å². The summed E-state index contributed by atoms with van der Waals surface area (Å²) in [5.74, 6) is 0.482. The highest BCUT2D eigenvalue weighted by molar-refractivity contribution is 5.35. The Hall–Kier alpha value is -1.23. The number of rotatable bonds is 4. The molecule has 0 spiro atoms. The first-order valence-corrected chi connectivity index (χ1v) is 4.25. The highest BCUT2D eigenvalue weighted by atomic mass is 19.3. The first-order chi connectivity index (χ1) is 6.59. The number of aliphatic hydroxyl groups is 1. The van der Waals surface area contributed by atoms with E-state index < -0.39 is 12.5 Å². The zero-order valence-corrected chi connectivity index (χ0v) is 7.74. The number of hydrogen-bond acceptors (Lipinski definition) is 3. The average Bonchev–Trinajstić information content (AvgIpc) is 2.15. The van der Waals surface area contributed by atoms with E-state index in [9.17, 15) is 8.78 Å². The molecule has 0 saturated heterocycles. The summed E-state index contributed by atoms with van der Waals surface area (Å²) in [4.78, 5) is 3.77. The van der Waals surface area contributed by atoms with Crippen LogP contribution in [0.15, 0.2) is 18.3 Å². The summed E-state index contributed by atoms with van der Waals surface area (Å²) in [6.07, 6.45) is -1.87. The molecule has 78 valence electrons. The number of nitrogens with zero attached hydrogens (tertiary/aromatic N) is 1. The lowest BCUT2D eigenvalue weighted by atomic mass is 10.3. The van der Waals surface area contributed by atoms with E-state index in [1.807, 2.05) is 0 Å². The van der Waals surface area contributed by atoms with E-state index in [-0.39, 0.29) is 5.56 Å². The summed E-state index contributed by atoms with van der Waals surface area (Å²) < 4.78 is 24.2. The van der Waals surface area contributed by atoms with Crippen molar-refractivity contribution in [3.63, 3.8) is 0 Å². The molecule has 0 aliphatic carbocycles. The lowest BCUT2D eigenvalue weighted by Gasteiger charge is -2.07. The minimum absolute atomic E-state index is 0.104. The van der Waals surface area contributed by atoms with Gasteiger partial charge in [-0.05, 0) is 19.1 Å². The van der Waals surface area contributed by atoms with Gasteiger partial charge in [0.2, 0.25) is 0 Å². The first kappa shape index (κ1) is 10.8. The van der Waals surface area contributed by atoms with Gasteiger partial charge < -0.3 is 10.4 Å².